The molecule has 1 fully saturated rings. The highest BCUT2D eigenvalue weighted by Gasteiger charge is 2.27. The van der Waals surface area contributed by atoms with Crippen molar-refractivity contribution in [3.05, 3.63) is 35.4 Å². The van der Waals surface area contributed by atoms with Crippen molar-refractivity contribution < 1.29 is 0 Å². The van der Waals surface area contributed by atoms with Crippen LogP contribution >= 0.6 is 0 Å². The van der Waals surface area contributed by atoms with Crippen molar-refractivity contribution in [3.8, 4) is 0 Å². The normalized spacial score (nSPS) is 25.9. The van der Waals surface area contributed by atoms with E-state index in [9.17, 15) is 0 Å². The predicted octanol–water partition coefficient (Wildman–Crippen LogP) is 3.57. The van der Waals surface area contributed by atoms with Gasteiger partial charge < -0.3 is 10.6 Å². The summed E-state index contributed by atoms with van der Waals surface area (Å²) >= 11 is 0. The SMILES string of the molecule is CC1CN(CC(N)c2ccc(C(C)(C)C)cc2)CC1C. The molecule has 0 aromatic heterocycles. The van der Waals surface area contributed by atoms with E-state index in [1.807, 2.05) is 0 Å². The van der Waals surface area contributed by atoms with Crippen LogP contribution in [0.3, 0.4) is 0 Å². The van der Waals surface area contributed by atoms with Crippen LogP contribution < -0.4 is 5.73 Å². The quantitative estimate of drug-likeness (QED) is 0.913. The third-order valence-corrected chi connectivity index (χ3v) is 4.72. The number of rotatable bonds is 3. The van der Waals surface area contributed by atoms with E-state index >= 15 is 0 Å². The van der Waals surface area contributed by atoms with Gasteiger partial charge in [-0.1, -0.05) is 58.9 Å². The minimum absolute atomic E-state index is 0.126. The van der Waals surface area contributed by atoms with Crippen LogP contribution in [0.1, 0.15) is 51.8 Å². The van der Waals surface area contributed by atoms with Crippen molar-refractivity contribution in [3.63, 3.8) is 0 Å². The Balaban J connectivity index is 1.98. The Kier molecular flexibility index (Phi) is 4.55. The van der Waals surface area contributed by atoms with Crippen LogP contribution in [0.4, 0.5) is 0 Å². The molecule has 0 aliphatic carbocycles. The van der Waals surface area contributed by atoms with Crippen molar-refractivity contribution in [2.45, 2.75) is 46.1 Å². The molecular weight excluding hydrogens is 244 g/mol. The number of benzene rings is 1. The van der Waals surface area contributed by atoms with Crippen LogP contribution in [0.15, 0.2) is 24.3 Å². The molecule has 3 unspecified atom stereocenters. The summed E-state index contributed by atoms with van der Waals surface area (Å²) in [5.41, 5.74) is 9.22. The van der Waals surface area contributed by atoms with E-state index in [2.05, 4.69) is 63.8 Å². The van der Waals surface area contributed by atoms with Gasteiger partial charge in [0.15, 0.2) is 0 Å². The molecule has 1 aliphatic rings. The fourth-order valence-corrected chi connectivity index (χ4v) is 3.01. The molecule has 3 atom stereocenters. The molecule has 1 aromatic carbocycles. The summed E-state index contributed by atoms with van der Waals surface area (Å²) in [6.45, 7) is 14.8. The third kappa shape index (κ3) is 3.62. The molecule has 0 spiro atoms. The third-order valence-electron chi connectivity index (χ3n) is 4.72. The lowest BCUT2D eigenvalue weighted by Gasteiger charge is -2.23. The Morgan fingerprint density at radius 2 is 1.60 bits per heavy atom. The van der Waals surface area contributed by atoms with Crippen molar-refractivity contribution in [2.24, 2.45) is 17.6 Å². The highest BCUT2D eigenvalue weighted by molar-refractivity contribution is 5.29. The average molecular weight is 274 g/mol. The highest BCUT2D eigenvalue weighted by Crippen LogP contribution is 2.26. The summed E-state index contributed by atoms with van der Waals surface area (Å²) in [5, 5.41) is 0. The second-order valence-electron chi connectivity index (χ2n) is 7.65. The largest absolute Gasteiger partial charge is 0.323 e. The van der Waals surface area contributed by atoms with Crippen LogP contribution in [0.25, 0.3) is 0 Å². The van der Waals surface area contributed by atoms with E-state index in [0.717, 1.165) is 18.4 Å². The van der Waals surface area contributed by atoms with Crippen LogP contribution in [-0.2, 0) is 5.41 Å². The zero-order valence-electron chi connectivity index (χ0n) is 13.7. The lowest BCUT2D eigenvalue weighted by Crippen LogP contribution is -2.30. The standard InChI is InChI=1S/C18H30N2/c1-13-10-20(11-14(13)2)12-17(19)15-6-8-16(9-7-15)18(3,4)5/h6-9,13-14,17H,10-12,19H2,1-5H3. The van der Waals surface area contributed by atoms with Crippen LogP contribution in [0.5, 0.6) is 0 Å². The van der Waals surface area contributed by atoms with Crippen LogP contribution in [0, 0.1) is 11.8 Å². The fraction of sp³-hybridized carbons (Fsp3) is 0.667. The first-order valence-electron chi connectivity index (χ1n) is 7.85. The minimum atomic E-state index is 0.126. The molecule has 1 heterocycles. The zero-order chi connectivity index (χ0) is 14.9. The molecule has 1 aromatic rings. The second-order valence-corrected chi connectivity index (χ2v) is 7.65. The van der Waals surface area contributed by atoms with Gasteiger partial charge in [0.05, 0.1) is 0 Å². The Morgan fingerprint density at radius 3 is 2.05 bits per heavy atom. The highest BCUT2D eigenvalue weighted by atomic mass is 15.2. The van der Waals surface area contributed by atoms with Gasteiger partial charge in [-0.2, -0.15) is 0 Å². The molecule has 2 nitrogen and oxygen atoms in total. The smallest absolute Gasteiger partial charge is 0.0424 e. The number of hydrogen-bond acceptors (Lipinski definition) is 2. The Morgan fingerprint density at radius 1 is 1.10 bits per heavy atom. The summed E-state index contributed by atoms with van der Waals surface area (Å²) in [5.74, 6) is 1.59. The monoisotopic (exact) mass is 274 g/mol. The minimum Gasteiger partial charge on any atom is -0.323 e. The Labute approximate surface area is 124 Å². The van der Waals surface area contributed by atoms with Gasteiger partial charge in [-0.05, 0) is 28.4 Å². The molecule has 0 amide bonds. The van der Waals surface area contributed by atoms with Crippen LogP contribution in [-0.4, -0.2) is 24.5 Å². The molecule has 0 radical (unpaired) electrons. The van der Waals surface area contributed by atoms with E-state index in [-0.39, 0.29) is 11.5 Å². The topological polar surface area (TPSA) is 29.3 Å². The van der Waals surface area contributed by atoms with Crippen LogP contribution in [0.2, 0.25) is 0 Å². The number of hydrogen-bond donors (Lipinski definition) is 1. The number of nitrogens with two attached hydrogens (primary N) is 1. The molecule has 2 heteroatoms. The van der Waals surface area contributed by atoms with Gasteiger partial charge in [-0.25, -0.2) is 0 Å². The van der Waals surface area contributed by atoms with E-state index in [0.29, 0.717) is 0 Å². The molecular formula is C18H30N2. The molecule has 2 rings (SSSR count). The summed E-state index contributed by atoms with van der Waals surface area (Å²) in [7, 11) is 0. The van der Waals surface area contributed by atoms with Gasteiger partial charge in [0, 0.05) is 25.7 Å². The van der Waals surface area contributed by atoms with Gasteiger partial charge in [0.2, 0.25) is 0 Å². The first kappa shape index (κ1) is 15.5. The van der Waals surface area contributed by atoms with E-state index in [1.165, 1.54) is 24.2 Å². The first-order valence-corrected chi connectivity index (χ1v) is 7.85. The Hall–Kier alpha value is -0.860. The van der Waals surface area contributed by atoms with Crippen molar-refractivity contribution in [2.75, 3.05) is 19.6 Å². The van der Waals surface area contributed by atoms with Gasteiger partial charge in [-0.3, -0.25) is 0 Å². The lowest BCUT2D eigenvalue weighted by molar-refractivity contribution is 0.303. The second kappa shape index (κ2) is 5.87. The van der Waals surface area contributed by atoms with E-state index in [4.69, 9.17) is 5.73 Å². The van der Waals surface area contributed by atoms with Crippen molar-refractivity contribution in [1.29, 1.82) is 0 Å². The van der Waals surface area contributed by atoms with Gasteiger partial charge in [-0.15, -0.1) is 0 Å². The zero-order valence-corrected chi connectivity index (χ0v) is 13.7. The average Bonchev–Trinajstić information content (AvgIpc) is 2.67. The Bertz CT molecular complexity index is 420. The summed E-state index contributed by atoms with van der Waals surface area (Å²) in [4.78, 5) is 2.51. The number of nitrogens with zero attached hydrogens (tertiary/aromatic N) is 1. The summed E-state index contributed by atoms with van der Waals surface area (Å²) < 4.78 is 0. The molecule has 112 valence electrons. The van der Waals surface area contributed by atoms with E-state index in [1.54, 1.807) is 0 Å². The predicted molar refractivity (Wildman–Crippen MR) is 86.8 cm³/mol. The molecule has 1 aliphatic heterocycles. The van der Waals surface area contributed by atoms with Gasteiger partial charge in [0.1, 0.15) is 0 Å². The van der Waals surface area contributed by atoms with Gasteiger partial charge >= 0.3 is 0 Å². The van der Waals surface area contributed by atoms with Crippen molar-refractivity contribution >= 4 is 0 Å². The molecule has 2 N–H and O–H groups in total. The maximum absolute atomic E-state index is 6.38. The fourth-order valence-electron chi connectivity index (χ4n) is 3.01. The maximum Gasteiger partial charge on any atom is 0.0424 e. The number of likely N-dealkylation sites (tertiary alicyclic amines) is 1. The lowest BCUT2D eigenvalue weighted by atomic mass is 9.86. The van der Waals surface area contributed by atoms with Gasteiger partial charge in [0.25, 0.3) is 0 Å². The molecule has 20 heavy (non-hydrogen) atoms. The summed E-state index contributed by atoms with van der Waals surface area (Å²) in [6.07, 6.45) is 0. The van der Waals surface area contributed by atoms with E-state index < -0.39 is 0 Å². The van der Waals surface area contributed by atoms with Crippen molar-refractivity contribution in [1.82, 2.24) is 4.90 Å². The molecule has 0 saturated carbocycles. The first-order chi connectivity index (χ1) is 9.27. The maximum atomic E-state index is 6.38. The molecule has 1 saturated heterocycles. The summed E-state index contributed by atoms with van der Waals surface area (Å²) in [6, 6.07) is 8.98. The molecule has 0 bridgehead atoms.